The third-order valence-corrected chi connectivity index (χ3v) is 4.52. The Hall–Kier alpha value is -1.94. The molecule has 3 rings (SSSR count). The van der Waals surface area contributed by atoms with Gasteiger partial charge in [-0.15, -0.1) is 0 Å². The van der Waals surface area contributed by atoms with Gasteiger partial charge in [0, 0.05) is 38.0 Å². The lowest BCUT2D eigenvalue weighted by Crippen LogP contribution is -2.29. The number of anilines is 1. The van der Waals surface area contributed by atoms with Crippen LogP contribution in [0.15, 0.2) is 30.3 Å². The van der Waals surface area contributed by atoms with Crippen LogP contribution >= 0.6 is 0 Å². The molecule has 0 aliphatic carbocycles. The van der Waals surface area contributed by atoms with Crippen LogP contribution in [0.5, 0.6) is 0 Å². The van der Waals surface area contributed by atoms with Gasteiger partial charge in [0.15, 0.2) is 0 Å². The summed E-state index contributed by atoms with van der Waals surface area (Å²) in [6.45, 7) is 6.42. The first-order valence-electron chi connectivity index (χ1n) is 8.51. The fraction of sp³-hybridized carbons (Fsp3) is 0.474. The van der Waals surface area contributed by atoms with Gasteiger partial charge in [-0.2, -0.15) is 0 Å². The van der Waals surface area contributed by atoms with Crippen LogP contribution in [0.25, 0.3) is 0 Å². The van der Waals surface area contributed by atoms with E-state index >= 15 is 0 Å². The summed E-state index contributed by atoms with van der Waals surface area (Å²) < 4.78 is 0. The van der Waals surface area contributed by atoms with Crippen molar-refractivity contribution < 1.29 is 0 Å². The van der Waals surface area contributed by atoms with Crippen molar-refractivity contribution in [3.8, 4) is 0 Å². The predicted molar refractivity (Wildman–Crippen MR) is 95.1 cm³/mol. The van der Waals surface area contributed by atoms with Crippen molar-refractivity contribution >= 4 is 5.82 Å². The Kier molecular flexibility index (Phi) is 4.91. The van der Waals surface area contributed by atoms with E-state index < -0.39 is 0 Å². The number of fused-ring (bicyclic) bond motifs is 1. The molecule has 2 heterocycles. The van der Waals surface area contributed by atoms with Crippen molar-refractivity contribution in [3.05, 3.63) is 53.0 Å². The number of rotatable bonds is 4. The summed E-state index contributed by atoms with van der Waals surface area (Å²) in [5.41, 5.74) is 3.80. The van der Waals surface area contributed by atoms with Crippen molar-refractivity contribution in [1.29, 1.82) is 0 Å². The smallest absolute Gasteiger partial charge is 0.135 e. The van der Waals surface area contributed by atoms with E-state index in [0.29, 0.717) is 6.04 Å². The lowest BCUT2D eigenvalue weighted by atomic mass is 10.1. The molecule has 0 atom stereocenters. The highest BCUT2D eigenvalue weighted by molar-refractivity contribution is 5.50. The molecule has 0 amide bonds. The molecule has 2 aromatic rings. The first kappa shape index (κ1) is 15.9. The molecule has 122 valence electrons. The quantitative estimate of drug-likeness (QED) is 0.942. The van der Waals surface area contributed by atoms with Crippen LogP contribution in [0.4, 0.5) is 5.82 Å². The second-order valence-electron chi connectivity index (χ2n) is 6.51. The average molecular weight is 310 g/mol. The molecule has 0 unspecified atom stereocenters. The van der Waals surface area contributed by atoms with Crippen molar-refractivity contribution in [3.63, 3.8) is 0 Å². The van der Waals surface area contributed by atoms with Gasteiger partial charge in [0.1, 0.15) is 11.6 Å². The van der Waals surface area contributed by atoms with Crippen molar-refractivity contribution in [2.75, 3.05) is 25.0 Å². The zero-order chi connectivity index (χ0) is 16.2. The molecule has 0 bridgehead atoms. The highest BCUT2D eigenvalue weighted by Crippen LogP contribution is 2.24. The molecule has 1 aliphatic heterocycles. The van der Waals surface area contributed by atoms with Crippen LogP contribution in [0, 0.1) is 0 Å². The minimum absolute atomic E-state index is 0.426. The van der Waals surface area contributed by atoms with Crippen LogP contribution in [0.2, 0.25) is 0 Å². The van der Waals surface area contributed by atoms with Crippen molar-refractivity contribution in [2.24, 2.45) is 0 Å². The van der Waals surface area contributed by atoms with E-state index in [1.807, 2.05) is 6.07 Å². The number of hydrogen-bond acceptors (Lipinski definition) is 4. The topological polar surface area (TPSA) is 41.1 Å². The minimum atomic E-state index is 0.426. The first-order chi connectivity index (χ1) is 11.1. The van der Waals surface area contributed by atoms with Gasteiger partial charge < -0.3 is 10.2 Å². The van der Waals surface area contributed by atoms with Gasteiger partial charge in [0.05, 0.1) is 5.69 Å². The number of benzene rings is 1. The van der Waals surface area contributed by atoms with Gasteiger partial charge in [-0.1, -0.05) is 30.3 Å². The molecule has 1 aliphatic rings. The fourth-order valence-corrected chi connectivity index (χ4v) is 2.97. The Morgan fingerprint density at radius 3 is 2.57 bits per heavy atom. The average Bonchev–Trinajstić information content (AvgIpc) is 2.79. The normalized spacial score (nSPS) is 14.4. The largest absolute Gasteiger partial charge is 0.357 e. The number of aromatic nitrogens is 2. The predicted octanol–water partition coefficient (Wildman–Crippen LogP) is 2.60. The monoisotopic (exact) mass is 310 g/mol. The molecule has 4 nitrogen and oxygen atoms in total. The minimum Gasteiger partial charge on any atom is -0.357 e. The SMILES string of the molecule is CC(C)N(C)c1nc(Cc2ccccc2)nc2c1CCNCC2. The maximum absolute atomic E-state index is 4.93. The van der Waals surface area contributed by atoms with Gasteiger partial charge in [-0.3, -0.25) is 0 Å². The van der Waals surface area contributed by atoms with E-state index in [1.54, 1.807) is 0 Å². The third-order valence-electron chi connectivity index (χ3n) is 4.52. The third kappa shape index (κ3) is 3.70. The standard InChI is InChI=1S/C19H26N4/c1-14(2)23(3)19-16-9-11-20-12-10-17(16)21-18(22-19)13-15-7-5-4-6-8-15/h4-8,14,20H,9-13H2,1-3H3. The summed E-state index contributed by atoms with van der Waals surface area (Å²) in [5.74, 6) is 2.04. The van der Waals surface area contributed by atoms with E-state index in [9.17, 15) is 0 Å². The van der Waals surface area contributed by atoms with Crippen LogP contribution in [-0.4, -0.2) is 36.1 Å². The van der Waals surface area contributed by atoms with Gasteiger partial charge in [0.25, 0.3) is 0 Å². The van der Waals surface area contributed by atoms with Crippen molar-refractivity contribution in [1.82, 2.24) is 15.3 Å². The number of nitrogens with zero attached hydrogens (tertiary/aromatic N) is 3. The molecule has 1 aromatic heterocycles. The highest BCUT2D eigenvalue weighted by atomic mass is 15.2. The van der Waals surface area contributed by atoms with Crippen LogP contribution < -0.4 is 10.2 Å². The molecule has 1 N–H and O–H groups in total. The fourth-order valence-electron chi connectivity index (χ4n) is 2.97. The zero-order valence-electron chi connectivity index (χ0n) is 14.3. The summed E-state index contributed by atoms with van der Waals surface area (Å²) >= 11 is 0. The Morgan fingerprint density at radius 2 is 1.83 bits per heavy atom. The first-order valence-corrected chi connectivity index (χ1v) is 8.51. The lowest BCUT2D eigenvalue weighted by Gasteiger charge is -2.26. The Bertz CT molecular complexity index is 652. The second kappa shape index (κ2) is 7.09. The molecule has 23 heavy (non-hydrogen) atoms. The van der Waals surface area contributed by atoms with Crippen LogP contribution in [-0.2, 0) is 19.3 Å². The van der Waals surface area contributed by atoms with Gasteiger partial charge >= 0.3 is 0 Å². The van der Waals surface area contributed by atoms with Gasteiger partial charge in [-0.05, 0) is 32.4 Å². The summed E-state index contributed by atoms with van der Waals surface area (Å²) in [5, 5.41) is 3.47. The lowest BCUT2D eigenvalue weighted by molar-refractivity contribution is 0.705. The summed E-state index contributed by atoms with van der Waals surface area (Å²) in [4.78, 5) is 12.1. The second-order valence-corrected chi connectivity index (χ2v) is 6.51. The Labute approximate surface area is 139 Å². The zero-order valence-corrected chi connectivity index (χ0v) is 14.3. The molecule has 0 saturated heterocycles. The van der Waals surface area contributed by atoms with Crippen LogP contribution in [0.3, 0.4) is 0 Å². The Morgan fingerprint density at radius 1 is 1.09 bits per heavy atom. The molecule has 4 heteroatoms. The van der Waals surface area contributed by atoms with E-state index in [1.165, 1.54) is 16.8 Å². The van der Waals surface area contributed by atoms with Gasteiger partial charge in [-0.25, -0.2) is 9.97 Å². The maximum Gasteiger partial charge on any atom is 0.135 e. The summed E-state index contributed by atoms with van der Waals surface area (Å²) in [7, 11) is 2.14. The number of nitrogens with one attached hydrogen (secondary N) is 1. The van der Waals surface area contributed by atoms with E-state index in [2.05, 4.69) is 55.4 Å². The molecule has 0 fully saturated rings. The summed E-state index contributed by atoms with van der Waals surface area (Å²) in [6.07, 6.45) is 2.78. The highest BCUT2D eigenvalue weighted by Gasteiger charge is 2.20. The summed E-state index contributed by atoms with van der Waals surface area (Å²) in [6, 6.07) is 10.9. The van der Waals surface area contributed by atoms with Crippen LogP contribution in [0.1, 0.15) is 36.5 Å². The maximum atomic E-state index is 4.93. The van der Waals surface area contributed by atoms with Crippen molar-refractivity contribution in [2.45, 2.75) is 39.2 Å². The van der Waals surface area contributed by atoms with E-state index in [0.717, 1.165) is 44.0 Å². The molecule has 1 aromatic carbocycles. The molecule has 0 radical (unpaired) electrons. The molecular formula is C19H26N4. The Balaban J connectivity index is 2.00. The molecule has 0 saturated carbocycles. The van der Waals surface area contributed by atoms with E-state index in [4.69, 9.17) is 9.97 Å². The number of hydrogen-bond donors (Lipinski definition) is 1. The molecule has 0 spiro atoms. The molecular weight excluding hydrogens is 284 g/mol. The van der Waals surface area contributed by atoms with Gasteiger partial charge in [0.2, 0.25) is 0 Å². The van der Waals surface area contributed by atoms with E-state index in [-0.39, 0.29) is 0 Å².